The number of hydrogen-bond donors (Lipinski definition) is 2. The van der Waals surface area contributed by atoms with Crippen LogP contribution in [0, 0.1) is 0 Å². The summed E-state index contributed by atoms with van der Waals surface area (Å²) in [5, 5.41) is 2.50. The van der Waals surface area contributed by atoms with E-state index in [0.717, 1.165) is 0 Å². The predicted octanol–water partition coefficient (Wildman–Crippen LogP) is 0.204. The Morgan fingerprint density at radius 3 is 2.42 bits per heavy atom. The van der Waals surface area contributed by atoms with Gasteiger partial charge in [0.15, 0.2) is 6.04 Å². The van der Waals surface area contributed by atoms with Crippen LogP contribution < -0.4 is 15.8 Å². The Morgan fingerprint density at radius 2 is 1.89 bits per heavy atom. The second-order valence-electron chi connectivity index (χ2n) is 4.46. The molecule has 2 amide bonds. The molecule has 0 saturated heterocycles. The summed E-state index contributed by atoms with van der Waals surface area (Å²) in [6.45, 7) is 3.86. The average molecular weight is 261 g/mol. The second-order valence-corrected chi connectivity index (χ2v) is 4.46. The number of benzene rings is 1. The molecule has 3 N–H and O–H groups in total. The SMILES string of the molecule is CC(C)Oc1ccc(C2=NC(=O)C(N)C(=O)N2)cc1. The van der Waals surface area contributed by atoms with Gasteiger partial charge in [-0.3, -0.25) is 9.59 Å². The van der Waals surface area contributed by atoms with Gasteiger partial charge in [-0.25, -0.2) is 0 Å². The molecule has 6 heteroatoms. The molecule has 19 heavy (non-hydrogen) atoms. The molecule has 0 fully saturated rings. The first-order valence-electron chi connectivity index (χ1n) is 5.93. The Balaban J connectivity index is 2.21. The highest BCUT2D eigenvalue weighted by Crippen LogP contribution is 2.14. The van der Waals surface area contributed by atoms with Gasteiger partial charge in [0.2, 0.25) is 0 Å². The third-order valence-corrected chi connectivity index (χ3v) is 2.51. The molecule has 2 rings (SSSR count). The van der Waals surface area contributed by atoms with E-state index in [2.05, 4.69) is 10.3 Å². The van der Waals surface area contributed by atoms with Gasteiger partial charge in [0.1, 0.15) is 11.6 Å². The molecule has 1 aromatic carbocycles. The van der Waals surface area contributed by atoms with E-state index in [1.54, 1.807) is 24.3 Å². The van der Waals surface area contributed by atoms with E-state index in [-0.39, 0.29) is 11.9 Å². The van der Waals surface area contributed by atoms with Gasteiger partial charge in [0.05, 0.1) is 6.10 Å². The fourth-order valence-electron chi connectivity index (χ4n) is 1.61. The molecule has 1 aliphatic heterocycles. The zero-order valence-corrected chi connectivity index (χ0v) is 10.7. The summed E-state index contributed by atoms with van der Waals surface area (Å²) in [5.41, 5.74) is 5.98. The van der Waals surface area contributed by atoms with Crippen molar-refractivity contribution in [3.63, 3.8) is 0 Å². The number of rotatable bonds is 3. The fourth-order valence-corrected chi connectivity index (χ4v) is 1.61. The van der Waals surface area contributed by atoms with Gasteiger partial charge in [-0.15, -0.1) is 0 Å². The lowest BCUT2D eigenvalue weighted by molar-refractivity contribution is -0.129. The second kappa shape index (κ2) is 5.19. The van der Waals surface area contributed by atoms with Crippen LogP contribution in [0.4, 0.5) is 0 Å². The van der Waals surface area contributed by atoms with Crippen molar-refractivity contribution in [1.29, 1.82) is 0 Å². The number of nitrogens with one attached hydrogen (secondary N) is 1. The summed E-state index contributed by atoms with van der Waals surface area (Å²) in [6.07, 6.45) is 0.0807. The van der Waals surface area contributed by atoms with E-state index < -0.39 is 17.9 Å². The number of nitrogens with two attached hydrogens (primary N) is 1. The normalized spacial score (nSPS) is 19.2. The number of ether oxygens (including phenoxy) is 1. The van der Waals surface area contributed by atoms with E-state index in [1.165, 1.54) is 0 Å². The smallest absolute Gasteiger partial charge is 0.274 e. The van der Waals surface area contributed by atoms with Crippen molar-refractivity contribution < 1.29 is 14.3 Å². The molecular weight excluding hydrogens is 246 g/mol. The van der Waals surface area contributed by atoms with E-state index in [1.807, 2.05) is 13.8 Å². The number of hydrogen-bond acceptors (Lipinski definition) is 4. The standard InChI is InChI=1S/C13H15N3O3/c1-7(2)19-9-5-3-8(4-6-9)11-15-12(17)10(14)13(18)16-11/h3-7,10H,14H2,1-2H3,(H,15,16,17,18). The van der Waals surface area contributed by atoms with Crippen molar-refractivity contribution in [2.24, 2.45) is 10.7 Å². The predicted molar refractivity (Wildman–Crippen MR) is 69.9 cm³/mol. The lowest BCUT2D eigenvalue weighted by atomic mass is 10.1. The van der Waals surface area contributed by atoms with Gasteiger partial charge in [-0.1, -0.05) is 0 Å². The van der Waals surface area contributed by atoms with E-state index in [9.17, 15) is 9.59 Å². The highest BCUT2D eigenvalue weighted by molar-refractivity contribution is 6.22. The van der Waals surface area contributed by atoms with Gasteiger partial charge in [-0.05, 0) is 38.1 Å². The summed E-state index contributed by atoms with van der Waals surface area (Å²) >= 11 is 0. The molecule has 0 radical (unpaired) electrons. The van der Waals surface area contributed by atoms with Crippen molar-refractivity contribution in [3.05, 3.63) is 29.8 Å². The van der Waals surface area contributed by atoms with Crippen LogP contribution in [0.2, 0.25) is 0 Å². The quantitative estimate of drug-likeness (QED) is 0.760. The molecule has 1 atom stereocenters. The minimum Gasteiger partial charge on any atom is -0.491 e. The van der Waals surface area contributed by atoms with Crippen LogP contribution in [0.15, 0.2) is 29.3 Å². The molecule has 1 aliphatic rings. The van der Waals surface area contributed by atoms with Gasteiger partial charge in [0.25, 0.3) is 11.8 Å². The Morgan fingerprint density at radius 1 is 1.26 bits per heavy atom. The number of carbonyl (C=O) groups is 2. The maximum Gasteiger partial charge on any atom is 0.274 e. The highest BCUT2D eigenvalue weighted by atomic mass is 16.5. The summed E-state index contributed by atoms with van der Waals surface area (Å²) in [6, 6.07) is 5.74. The Bertz CT molecular complexity index is 535. The first-order chi connectivity index (χ1) is 8.97. The van der Waals surface area contributed by atoms with Crippen molar-refractivity contribution in [2.45, 2.75) is 26.0 Å². The minimum atomic E-state index is -1.22. The summed E-state index contributed by atoms with van der Waals surface area (Å²) in [4.78, 5) is 26.6. The molecule has 1 aromatic rings. The lowest BCUT2D eigenvalue weighted by Crippen LogP contribution is -2.52. The van der Waals surface area contributed by atoms with Gasteiger partial charge in [0, 0.05) is 5.56 Å². The highest BCUT2D eigenvalue weighted by Gasteiger charge is 2.28. The van der Waals surface area contributed by atoms with Crippen molar-refractivity contribution in [2.75, 3.05) is 0 Å². The van der Waals surface area contributed by atoms with Crippen LogP contribution in [-0.4, -0.2) is 29.8 Å². The van der Waals surface area contributed by atoms with Crippen molar-refractivity contribution >= 4 is 17.6 Å². The van der Waals surface area contributed by atoms with Gasteiger partial charge < -0.3 is 15.8 Å². The molecule has 0 aromatic heterocycles. The van der Waals surface area contributed by atoms with Crippen molar-refractivity contribution in [1.82, 2.24) is 5.32 Å². The third-order valence-electron chi connectivity index (χ3n) is 2.51. The molecule has 0 aliphatic carbocycles. The molecular formula is C13H15N3O3. The maximum atomic E-state index is 11.4. The molecule has 100 valence electrons. The monoisotopic (exact) mass is 261 g/mol. The molecule has 6 nitrogen and oxygen atoms in total. The number of nitrogens with zero attached hydrogens (tertiary/aromatic N) is 1. The number of aliphatic imine (C=N–C) groups is 1. The lowest BCUT2D eigenvalue weighted by Gasteiger charge is -2.17. The third kappa shape index (κ3) is 2.97. The Hall–Kier alpha value is -2.21. The zero-order chi connectivity index (χ0) is 14.0. The first kappa shape index (κ1) is 13.2. The van der Waals surface area contributed by atoms with E-state index in [4.69, 9.17) is 10.5 Å². The summed E-state index contributed by atoms with van der Waals surface area (Å²) in [7, 11) is 0. The maximum absolute atomic E-state index is 11.4. The molecule has 0 spiro atoms. The Labute approximate surface area is 110 Å². The number of amidine groups is 1. The number of carbonyl (C=O) groups excluding carboxylic acids is 2. The van der Waals surface area contributed by atoms with Crippen LogP contribution in [0.3, 0.4) is 0 Å². The number of amides is 2. The first-order valence-corrected chi connectivity index (χ1v) is 5.93. The van der Waals surface area contributed by atoms with Crippen LogP contribution in [-0.2, 0) is 9.59 Å². The van der Waals surface area contributed by atoms with Gasteiger partial charge >= 0.3 is 0 Å². The average Bonchev–Trinajstić information content (AvgIpc) is 2.35. The topological polar surface area (TPSA) is 93.8 Å². The largest absolute Gasteiger partial charge is 0.491 e. The fraction of sp³-hybridized carbons (Fsp3) is 0.308. The Kier molecular flexibility index (Phi) is 3.62. The van der Waals surface area contributed by atoms with Crippen LogP contribution in [0.5, 0.6) is 5.75 Å². The van der Waals surface area contributed by atoms with Crippen LogP contribution in [0.1, 0.15) is 19.4 Å². The summed E-state index contributed by atoms with van der Waals surface area (Å²) in [5.74, 6) is -0.254. The summed E-state index contributed by atoms with van der Waals surface area (Å²) < 4.78 is 5.50. The molecule has 1 heterocycles. The van der Waals surface area contributed by atoms with Gasteiger partial charge in [-0.2, -0.15) is 4.99 Å². The van der Waals surface area contributed by atoms with E-state index in [0.29, 0.717) is 11.3 Å². The molecule has 1 unspecified atom stereocenters. The van der Waals surface area contributed by atoms with Crippen molar-refractivity contribution in [3.8, 4) is 5.75 Å². The molecule has 0 bridgehead atoms. The van der Waals surface area contributed by atoms with Crippen LogP contribution >= 0.6 is 0 Å². The van der Waals surface area contributed by atoms with Crippen LogP contribution in [0.25, 0.3) is 0 Å². The zero-order valence-electron chi connectivity index (χ0n) is 10.7. The van der Waals surface area contributed by atoms with E-state index >= 15 is 0 Å². The minimum absolute atomic E-state index is 0.0807. The molecule has 0 saturated carbocycles.